The normalized spacial score (nSPS) is 13.3. The van der Waals surface area contributed by atoms with E-state index in [0.717, 1.165) is 32.1 Å². The van der Waals surface area contributed by atoms with Gasteiger partial charge < -0.3 is 20.6 Å². The van der Waals surface area contributed by atoms with Crippen LogP contribution in [0.15, 0.2) is 24.3 Å². The quantitative estimate of drug-likeness (QED) is 0.0361. The molecule has 0 aliphatic carbocycles. The van der Waals surface area contributed by atoms with E-state index in [1.807, 2.05) is 6.08 Å². The van der Waals surface area contributed by atoms with Gasteiger partial charge in [-0.15, -0.1) is 0 Å². The molecule has 392 valence electrons. The Kier molecular flexibility index (Phi) is 55.4. The summed E-state index contributed by atoms with van der Waals surface area (Å²) in [4.78, 5) is 12.5. The largest absolute Gasteiger partial charge is 0.394 e. The molecule has 0 saturated heterocycles. The second kappa shape index (κ2) is 56.4. The number of carbonyl (C=O) groups excluding carboxylic acids is 1. The smallest absolute Gasteiger partial charge is 0.222 e. The Bertz CT molecular complexity index is 982. The number of hydrogen-bond acceptors (Lipinski definition) is 4. The second-order valence-electron chi connectivity index (χ2n) is 21.0. The van der Waals surface area contributed by atoms with E-state index in [-0.39, 0.29) is 18.9 Å². The molecule has 3 atom stereocenters. The van der Waals surface area contributed by atoms with Crippen LogP contribution >= 0.6 is 0 Å². The Morgan fingerprint density at radius 2 is 0.652 bits per heavy atom. The molecule has 5 heteroatoms. The lowest BCUT2D eigenvalue weighted by Gasteiger charge is -2.21. The Balaban J connectivity index is 3.55. The minimum absolute atomic E-state index is 0.0106. The van der Waals surface area contributed by atoms with Crippen LogP contribution in [0.25, 0.3) is 0 Å². The number of carbonyl (C=O) groups is 1. The van der Waals surface area contributed by atoms with Gasteiger partial charge in [-0.2, -0.15) is 0 Å². The molecule has 0 aliphatic heterocycles. The highest BCUT2D eigenvalue weighted by Gasteiger charge is 2.20. The Labute approximate surface area is 413 Å². The van der Waals surface area contributed by atoms with Crippen molar-refractivity contribution >= 4 is 5.91 Å². The van der Waals surface area contributed by atoms with Crippen LogP contribution in [0.4, 0.5) is 0 Å². The third-order valence-corrected chi connectivity index (χ3v) is 14.2. The van der Waals surface area contributed by atoms with Gasteiger partial charge in [0.05, 0.1) is 31.3 Å². The monoisotopic (exact) mass is 930 g/mol. The van der Waals surface area contributed by atoms with E-state index in [1.54, 1.807) is 6.08 Å². The van der Waals surface area contributed by atoms with E-state index in [9.17, 15) is 20.1 Å². The first kappa shape index (κ1) is 64.8. The number of aliphatic hydroxyl groups excluding tert-OH is 3. The first-order chi connectivity index (χ1) is 32.5. The summed E-state index contributed by atoms with van der Waals surface area (Å²) >= 11 is 0. The van der Waals surface area contributed by atoms with Crippen molar-refractivity contribution < 1.29 is 20.1 Å². The van der Waals surface area contributed by atoms with Crippen LogP contribution in [0.1, 0.15) is 335 Å². The van der Waals surface area contributed by atoms with Crippen molar-refractivity contribution in [1.82, 2.24) is 5.32 Å². The number of aliphatic hydroxyl groups is 3. The fourth-order valence-electron chi connectivity index (χ4n) is 9.66. The molecule has 0 aromatic rings. The first-order valence-electron chi connectivity index (χ1n) is 30.1. The zero-order valence-corrected chi connectivity index (χ0v) is 44.9. The van der Waals surface area contributed by atoms with E-state index in [2.05, 4.69) is 31.3 Å². The molecule has 0 rings (SSSR count). The Hall–Kier alpha value is -1.17. The van der Waals surface area contributed by atoms with Gasteiger partial charge in [0.1, 0.15) is 0 Å². The van der Waals surface area contributed by atoms with Crippen molar-refractivity contribution in [3.8, 4) is 0 Å². The van der Waals surface area contributed by atoms with Crippen LogP contribution in [0.3, 0.4) is 0 Å². The summed E-state index contributed by atoms with van der Waals surface area (Å²) in [6.45, 7) is 4.25. The maximum absolute atomic E-state index is 12.5. The number of allylic oxidation sites excluding steroid dienone is 3. The maximum Gasteiger partial charge on any atom is 0.222 e. The number of amides is 1. The van der Waals surface area contributed by atoms with Gasteiger partial charge in [-0.1, -0.05) is 321 Å². The topological polar surface area (TPSA) is 89.8 Å². The van der Waals surface area contributed by atoms with Gasteiger partial charge in [0.15, 0.2) is 0 Å². The average Bonchev–Trinajstić information content (AvgIpc) is 3.31. The van der Waals surface area contributed by atoms with Gasteiger partial charge in [-0.25, -0.2) is 0 Å². The molecule has 66 heavy (non-hydrogen) atoms. The zero-order chi connectivity index (χ0) is 47.9. The average molecular weight is 931 g/mol. The molecular weight excluding hydrogens is 811 g/mol. The number of nitrogens with one attached hydrogen (secondary N) is 1. The third-order valence-electron chi connectivity index (χ3n) is 14.2. The van der Waals surface area contributed by atoms with E-state index < -0.39 is 18.2 Å². The van der Waals surface area contributed by atoms with Crippen LogP contribution in [-0.4, -0.2) is 46.1 Å². The van der Waals surface area contributed by atoms with Gasteiger partial charge >= 0.3 is 0 Å². The highest BCUT2D eigenvalue weighted by atomic mass is 16.3. The summed E-state index contributed by atoms with van der Waals surface area (Å²) < 4.78 is 0. The lowest BCUT2D eigenvalue weighted by molar-refractivity contribution is -0.124. The van der Waals surface area contributed by atoms with Crippen LogP contribution in [0.5, 0.6) is 0 Å². The second-order valence-corrected chi connectivity index (χ2v) is 21.0. The van der Waals surface area contributed by atoms with Crippen molar-refractivity contribution in [1.29, 1.82) is 0 Å². The molecule has 0 heterocycles. The number of unbranched alkanes of at least 4 members (excludes halogenated alkanes) is 45. The molecule has 0 radical (unpaired) electrons. The number of hydrogen-bond donors (Lipinski definition) is 4. The lowest BCUT2D eigenvalue weighted by Crippen LogP contribution is -2.45. The van der Waals surface area contributed by atoms with E-state index in [4.69, 9.17) is 0 Å². The molecule has 0 aromatic carbocycles. The summed E-state index contributed by atoms with van der Waals surface area (Å²) in [5.41, 5.74) is 0. The molecule has 3 unspecified atom stereocenters. The highest BCUT2D eigenvalue weighted by molar-refractivity contribution is 5.76. The summed E-state index contributed by atoms with van der Waals surface area (Å²) in [5, 5.41) is 33.5. The van der Waals surface area contributed by atoms with E-state index >= 15 is 0 Å². The molecule has 1 amide bonds. The molecule has 0 aliphatic rings. The predicted octanol–water partition coefficient (Wildman–Crippen LogP) is 18.8. The van der Waals surface area contributed by atoms with E-state index in [1.165, 1.54) is 276 Å². The van der Waals surface area contributed by atoms with Crippen LogP contribution in [0, 0.1) is 0 Å². The standard InChI is InChI=1S/C61H119NO4/c1-3-5-7-9-11-13-15-17-19-21-23-25-27-29-31-32-34-36-38-40-42-44-46-48-50-52-54-58(64)56-61(66)62-59(57-63)60(65)55-53-51-49-47-45-43-41-39-37-35-33-30-28-26-24-22-20-18-16-14-12-10-8-6-4-2/h45,47,53,55,58-60,63-65H,3-44,46,48-52,54,56-57H2,1-2H3,(H,62,66)/b47-45+,55-53+. The Morgan fingerprint density at radius 1 is 0.379 bits per heavy atom. The minimum Gasteiger partial charge on any atom is -0.394 e. The molecule has 0 fully saturated rings. The first-order valence-corrected chi connectivity index (χ1v) is 30.1. The van der Waals surface area contributed by atoms with Crippen molar-refractivity contribution in [2.24, 2.45) is 0 Å². The maximum atomic E-state index is 12.5. The third kappa shape index (κ3) is 52.2. The molecular formula is C61H119NO4. The molecule has 0 saturated carbocycles. The van der Waals surface area contributed by atoms with Crippen LogP contribution in [0.2, 0.25) is 0 Å². The molecule has 0 spiro atoms. The van der Waals surface area contributed by atoms with Crippen molar-refractivity contribution in [2.75, 3.05) is 6.61 Å². The van der Waals surface area contributed by atoms with Gasteiger partial charge in [-0.3, -0.25) is 4.79 Å². The summed E-state index contributed by atoms with van der Waals surface area (Å²) in [7, 11) is 0. The predicted molar refractivity (Wildman–Crippen MR) is 292 cm³/mol. The molecule has 5 nitrogen and oxygen atoms in total. The highest BCUT2D eigenvalue weighted by Crippen LogP contribution is 2.18. The fourth-order valence-corrected chi connectivity index (χ4v) is 9.66. The van der Waals surface area contributed by atoms with Gasteiger partial charge in [0.25, 0.3) is 0 Å². The summed E-state index contributed by atoms with van der Waals surface area (Å²) in [6.07, 6.45) is 72.5. The summed E-state index contributed by atoms with van der Waals surface area (Å²) in [5.74, 6) is -0.318. The van der Waals surface area contributed by atoms with Crippen molar-refractivity contribution in [3.63, 3.8) is 0 Å². The fraction of sp³-hybridized carbons (Fsp3) is 0.918. The minimum atomic E-state index is -0.951. The molecule has 0 aromatic heterocycles. The van der Waals surface area contributed by atoms with Gasteiger partial charge in [0.2, 0.25) is 5.91 Å². The van der Waals surface area contributed by atoms with Crippen molar-refractivity contribution in [2.45, 2.75) is 353 Å². The molecule has 0 bridgehead atoms. The van der Waals surface area contributed by atoms with Crippen molar-refractivity contribution in [3.05, 3.63) is 24.3 Å². The van der Waals surface area contributed by atoms with E-state index in [0.29, 0.717) is 6.42 Å². The zero-order valence-electron chi connectivity index (χ0n) is 44.9. The number of rotatable bonds is 56. The molecule has 4 N–H and O–H groups in total. The van der Waals surface area contributed by atoms with Gasteiger partial charge in [-0.05, 0) is 32.1 Å². The SMILES string of the molecule is CCCCCCCCCCCCCCCCCCCCC/C=C/CC/C=C/C(O)C(CO)NC(=O)CC(O)CCCCCCCCCCCCCCCCCCCCCCCCCCCC. The van der Waals surface area contributed by atoms with Crippen LogP contribution < -0.4 is 5.32 Å². The summed E-state index contributed by atoms with van der Waals surface area (Å²) in [6, 6.07) is -0.760. The lowest BCUT2D eigenvalue weighted by atomic mass is 10.0. The van der Waals surface area contributed by atoms with Crippen LogP contribution in [-0.2, 0) is 4.79 Å². The Morgan fingerprint density at radius 3 is 0.970 bits per heavy atom. The van der Waals surface area contributed by atoms with Gasteiger partial charge in [0, 0.05) is 0 Å².